The quantitative estimate of drug-likeness (QED) is 0.835. The van der Waals surface area contributed by atoms with Crippen LogP contribution in [0.5, 0.6) is 5.75 Å². The zero-order chi connectivity index (χ0) is 18.5. The van der Waals surface area contributed by atoms with Gasteiger partial charge in [0.15, 0.2) is 0 Å². The maximum atomic E-state index is 12.0. The largest absolute Gasteiger partial charge is 0.490 e. The molecule has 2 aromatic rings. The molecule has 0 atom stereocenters. The highest BCUT2D eigenvalue weighted by atomic mass is 16.5. The van der Waals surface area contributed by atoms with Crippen LogP contribution in [0.1, 0.15) is 29.8 Å². The number of nitrogens with zero attached hydrogens (tertiary/aromatic N) is 1. The summed E-state index contributed by atoms with van der Waals surface area (Å²) in [5.41, 5.74) is 3.27. The molecule has 6 heteroatoms. The van der Waals surface area contributed by atoms with Gasteiger partial charge in [0.25, 0.3) is 0 Å². The number of benzene rings is 2. The van der Waals surface area contributed by atoms with Crippen LogP contribution in [0.25, 0.3) is 0 Å². The van der Waals surface area contributed by atoms with Gasteiger partial charge in [-0.1, -0.05) is 12.1 Å². The maximum absolute atomic E-state index is 12.0. The lowest BCUT2D eigenvalue weighted by atomic mass is 10.1. The summed E-state index contributed by atoms with van der Waals surface area (Å²) in [6.07, 6.45) is 0. The van der Waals surface area contributed by atoms with Gasteiger partial charge in [0.05, 0.1) is 24.4 Å². The summed E-state index contributed by atoms with van der Waals surface area (Å²) in [7, 11) is 0. The van der Waals surface area contributed by atoms with Gasteiger partial charge >= 0.3 is 5.97 Å². The summed E-state index contributed by atoms with van der Waals surface area (Å²) in [4.78, 5) is 25.3. The number of amides is 1. The highest BCUT2D eigenvalue weighted by molar-refractivity contribution is 5.91. The molecular weight excluding hydrogens is 332 g/mol. The topological polar surface area (TPSA) is 67.9 Å². The van der Waals surface area contributed by atoms with Crippen molar-refractivity contribution in [3.05, 3.63) is 53.6 Å². The van der Waals surface area contributed by atoms with E-state index in [1.54, 1.807) is 13.0 Å². The minimum Gasteiger partial charge on any atom is -0.490 e. The molecule has 1 amide bonds. The molecule has 0 aliphatic carbocycles. The molecule has 3 rings (SSSR count). The van der Waals surface area contributed by atoms with Crippen LogP contribution in [0, 0.1) is 0 Å². The Morgan fingerprint density at radius 3 is 2.65 bits per heavy atom. The summed E-state index contributed by atoms with van der Waals surface area (Å²) in [5.74, 6) is 0.339. The second-order valence-electron chi connectivity index (χ2n) is 6.05. The van der Waals surface area contributed by atoms with Crippen molar-refractivity contribution in [2.75, 3.05) is 30.0 Å². The Morgan fingerprint density at radius 2 is 1.96 bits per heavy atom. The molecule has 0 radical (unpaired) electrons. The first-order chi connectivity index (χ1) is 12.6. The smallest absolute Gasteiger partial charge is 0.338 e. The zero-order valence-electron chi connectivity index (χ0n) is 15.0. The van der Waals surface area contributed by atoms with E-state index < -0.39 is 0 Å². The molecule has 0 saturated carbocycles. The van der Waals surface area contributed by atoms with Gasteiger partial charge in [0.2, 0.25) is 5.91 Å². The van der Waals surface area contributed by atoms with Crippen molar-refractivity contribution in [2.24, 2.45) is 0 Å². The Kier molecular flexibility index (Phi) is 5.41. The predicted molar refractivity (Wildman–Crippen MR) is 99.7 cm³/mol. The monoisotopic (exact) mass is 354 g/mol. The van der Waals surface area contributed by atoms with Gasteiger partial charge in [-0.3, -0.25) is 4.79 Å². The van der Waals surface area contributed by atoms with E-state index in [0.29, 0.717) is 25.3 Å². The normalized spacial score (nSPS) is 12.8. The number of ether oxygens (including phenoxy) is 2. The summed E-state index contributed by atoms with van der Waals surface area (Å²) >= 11 is 0. The SMILES string of the molecule is CCOC(=O)c1ccc2c(c1)N(Cc1ccc(NC(C)=O)cc1)CCO2. The van der Waals surface area contributed by atoms with Gasteiger partial charge < -0.3 is 19.7 Å². The first-order valence-corrected chi connectivity index (χ1v) is 8.62. The van der Waals surface area contributed by atoms with Gasteiger partial charge in [-0.2, -0.15) is 0 Å². The molecule has 1 aliphatic heterocycles. The average Bonchev–Trinajstić information content (AvgIpc) is 2.63. The van der Waals surface area contributed by atoms with E-state index in [9.17, 15) is 9.59 Å². The number of carbonyl (C=O) groups is 2. The van der Waals surface area contributed by atoms with Crippen molar-refractivity contribution in [3.63, 3.8) is 0 Å². The van der Waals surface area contributed by atoms with Crippen LogP contribution in [-0.4, -0.2) is 31.6 Å². The number of anilines is 2. The average molecular weight is 354 g/mol. The molecule has 0 bridgehead atoms. The number of nitrogens with one attached hydrogen (secondary N) is 1. The molecule has 6 nitrogen and oxygen atoms in total. The summed E-state index contributed by atoms with van der Waals surface area (Å²) in [5, 5.41) is 2.76. The molecule has 0 spiro atoms. The van der Waals surface area contributed by atoms with Crippen molar-refractivity contribution in [1.82, 2.24) is 0 Å². The molecule has 0 saturated heterocycles. The molecule has 1 heterocycles. The number of hydrogen-bond donors (Lipinski definition) is 1. The molecule has 136 valence electrons. The fourth-order valence-electron chi connectivity index (χ4n) is 2.90. The van der Waals surface area contributed by atoms with Crippen LogP contribution in [0.4, 0.5) is 11.4 Å². The van der Waals surface area contributed by atoms with Gasteiger partial charge in [-0.25, -0.2) is 4.79 Å². The lowest BCUT2D eigenvalue weighted by Gasteiger charge is -2.31. The van der Waals surface area contributed by atoms with Crippen LogP contribution >= 0.6 is 0 Å². The predicted octanol–water partition coefficient (Wildman–Crippen LogP) is 3.22. The summed E-state index contributed by atoms with van der Waals surface area (Å²) < 4.78 is 10.8. The second-order valence-corrected chi connectivity index (χ2v) is 6.05. The Balaban J connectivity index is 1.79. The van der Waals surface area contributed by atoms with Gasteiger partial charge in [-0.05, 0) is 42.8 Å². The third kappa shape index (κ3) is 4.14. The van der Waals surface area contributed by atoms with E-state index in [-0.39, 0.29) is 11.9 Å². The third-order valence-corrected chi connectivity index (χ3v) is 4.08. The Bertz CT molecular complexity index is 802. The fraction of sp³-hybridized carbons (Fsp3) is 0.300. The van der Waals surface area contributed by atoms with Crippen LogP contribution in [0.15, 0.2) is 42.5 Å². The molecule has 2 aromatic carbocycles. The van der Waals surface area contributed by atoms with Crippen LogP contribution in [0.3, 0.4) is 0 Å². The number of carbonyl (C=O) groups excluding carboxylic acids is 2. The fourth-order valence-corrected chi connectivity index (χ4v) is 2.90. The van der Waals surface area contributed by atoms with Crippen LogP contribution < -0.4 is 15.0 Å². The van der Waals surface area contributed by atoms with Crippen molar-refractivity contribution in [2.45, 2.75) is 20.4 Å². The minimum atomic E-state index is -0.333. The van der Waals surface area contributed by atoms with Gasteiger partial charge in [-0.15, -0.1) is 0 Å². The van der Waals surface area contributed by atoms with E-state index in [0.717, 1.165) is 29.2 Å². The van der Waals surface area contributed by atoms with Crippen LogP contribution in [0.2, 0.25) is 0 Å². The minimum absolute atomic E-state index is 0.0913. The third-order valence-electron chi connectivity index (χ3n) is 4.08. The Morgan fingerprint density at radius 1 is 1.19 bits per heavy atom. The van der Waals surface area contributed by atoms with E-state index in [1.807, 2.05) is 36.4 Å². The molecular formula is C20H22N2O4. The number of rotatable bonds is 5. The van der Waals surface area contributed by atoms with Crippen LogP contribution in [-0.2, 0) is 16.1 Å². The van der Waals surface area contributed by atoms with E-state index in [1.165, 1.54) is 6.92 Å². The van der Waals surface area contributed by atoms with Crippen molar-refractivity contribution in [3.8, 4) is 5.75 Å². The number of esters is 1. The highest BCUT2D eigenvalue weighted by Crippen LogP contribution is 2.33. The van der Waals surface area contributed by atoms with Gasteiger partial charge in [0, 0.05) is 19.2 Å². The zero-order valence-corrected chi connectivity index (χ0v) is 15.0. The molecule has 0 fully saturated rings. The second kappa shape index (κ2) is 7.91. The van der Waals surface area contributed by atoms with E-state index in [2.05, 4.69) is 10.2 Å². The number of fused-ring (bicyclic) bond motifs is 1. The first-order valence-electron chi connectivity index (χ1n) is 8.62. The van der Waals surface area contributed by atoms with Crippen molar-refractivity contribution in [1.29, 1.82) is 0 Å². The van der Waals surface area contributed by atoms with Gasteiger partial charge in [0.1, 0.15) is 12.4 Å². The maximum Gasteiger partial charge on any atom is 0.338 e. The van der Waals surface area contributed by atoms with Crippen molar-refractivity contribution >= 4 is 23.3 Å². The first kappa shape index (κ1) is 17.8. The molecule has 1 N–H and O–H groups in total. The number of hydrogen-bond acceptors (Lipinski definition) is 5. The highest BCUT2D eigenvalue weighted by Gasteiger charge is 2.20. The van der Waals surface area contributed by atoms with E-state index >= 15 is 0 Å². The summed E-state index contributed by atoms with van der Waals surface area (Å²) in [6.45, 7) is 5.62. The molecule has 0 unspecified atom stereocenters. The molecule has 1 aliphatic rings. The lowest BCUT2D eigenvalue weighted by molar-refractivity contribution is -0.114. The lowest BCUT2D eigenvalue weighted by Crippen LogP contribution is -2.32. The molecule has 0 aromatic heterocycles. The Hall–Kier alpha value is -3.02. The Labute approximate surface area is 152 Å². The standard InChI is InChI=1S/C20H22N2O4/c1-3-25-20(24)16-6-9-19-18(12-16)22(10-11-26-19)13-15-4-7-17(8-5-15)21-14(2)23/h4-9,12H,3,10-11,13H2,1-2H3,(H,21,23). The van der Waals surface area contributed by atoms with Crippen molar-refractivity contribution < 1.29 is 19.1 Å². The molecule has 26 heavy (non-hydrogen) atoms. The summed E-state index contributed by atoms with van der Waals surface area (Å²) in [6, 6.07) is 13.1. The van der Waals surface area contributed by atoms with E-state index in [4.69, 9.17) is 9.47 Å².